The Morgan fingerprint density at radius 2 is 1.83 bits per heavy atom. The molecule has 0 aliphatic rings. The SMILES string of the molecule is CCC(=O)c1cc(C)c(C)c(OC)c1C(=O)OC. The van der Waals surface area contributed by atoms with E-state index in [1.807, 2.05) is 13.8 Å². The molecule has 0 heterocycles. The van der Waals surface area contributed by atoms with Gasteiger partial charge in [0.1, 0.15) is 11.3 Å². The van der Waals surface area contributed by atoms with Crippen molar-refractivity contribution in [3.8, 4) is 5.75 Å². The zero-order valence-electron chi connectivity index (χ0n) is 11.4. The molecular weight excluding hydrogens is 232 g/mol. The van der Waals surface area contributed by atoms with Gasteiger partial charge in [-0.05, 0) is 31.0 Å². The number of ether oxygens (including phenoxy) is 2. The minimum absolute atomic E-state index is 0.100. The van der Waals surface area contributed by atoms with Crippen LogP contribution in [-0.4, -0.2) is 26.0 Å². The van der Waals surface area contributed by atoms with Gasteiger partial charge in [-0.3, -0.25) is 4.79 Å². The number of methoxy groups -OCH3 is 2. The Kier molecular flexibility index (Phi) is 4.48. The van der Waals surface area contributed by atoms with E-state index in [2.05, 4.69) is 0 Å². The number of ketones is 1. The number of hydrogen-bond donors (Lipinski definition) is 0. The first-order valence-electron chi connectivity index (χ1n) is 5.77. The Balaban J connectivity index is 3.64. The van der Waals surface area contributed by atoms with Crippen LogP contribution in [0.25, 0.3) is 0 Å². The molecule has 0 bridgehead atoms. The van der Waals surface area contributed by atoms with Gasteiger partial charge in [-0.2, -0.15) is 0 Å². The van der Waals surface area contributed by atoms with Gasteiger partial charge in [0, 0.05) is 12.0 Å². The zero-order valence-corrected chi connectivity index (χ0v) is 11.4. The number of benzene rings is 1. The number of rotatable bonds is 4. The maximum Gasteiger partial charge on any atom is 0.342 e. The lowest BCUT2D eigenvalue weighted by molar-refractivity contribution is 0.0593. The molecule has 0 aromatic heterocycles. The van der Waals surface area contributed by atoms with Crippen molar-refractivity contribution in [1.29, 1.82) is 0 Å². The molecular formula is C14H18O4. The maximum absolute atomic E-state index is 11.9. The Bertz CT molecular complexity index is 489. The lowest BCUT2D eigenvalue weighted by Crippen LogP contribution is -2.13. The van der Waals surface area contributed by atoms with E-state index < -0.39 is 5.97 Å². The fraction of sp³-hybridized carbons (Fsp3) is 0.429. The van der Waals surface area contributed by atoms with Crippen LogP contribution >= 0.6 is 0 Å². The molecule has 0 amide bonds. The first kappa shape index (κ1) is 14.2. The van der Waals surface area contributed by atoms with Gasteiger partial charge in [0.05, 0.1) is 14.2 Å². The monoisotopic (exact) mass is 250 g/mol. The summed E-state index contributed by atoms with van der Waals surface area (Å²) in [6.45, 7) is 5.48. The van der Waals surface area contributed by atoms with Crippen molar-refractivity contribution in [2.45, 2.75) is 27.2 Å². The molecule has 4 nitrogen and oxygen atoms in total. The highest BCUT2D eigenvalue weighted by Gasteiger charge is 2.24. The fourth-order valence-corrected chi connectivity index (χ4v) is 1.86. The molecule has 0 aliphatic heterocycles. The van der Waals surface area contributed by atoms with Crippen LogP contribution in [0.5, 0.6) is 5.75 Å². The normalized spacial score (nSPS) is 10.1. The molecule has 0 radical (unpaired) electrons. The third-order valence-corrected chi connectivity index (χ3v) is 3.00. The van der Waals surface area contributed by atoms with Gasteiger partial charge in [-0.1, -0.05) is 6.92 Å². The van der Waals surface area contributed by atoms with Crippen molar-refractivity contribution in [3.63, 3.8) is 0 Å². The Hall–Kier alpha value is -1.84. The van der Waals surface area contributed by atoms with Crippen LogP contribution in [0.4, 0.5) is 0 Å². The fourth-order valence-electron chi connectivity index (χ4n) is 1.86. The van der Waals surface area contributed by atoms with Crippen molar-refractivity contribution in [3.05, 3.63) is 28.3 Å². The minimum atomic E-state index is -0.549. The van der Waals surface area contributed by atoms with Crippen LogP contribution in [0.1, 0.15) is 45.2 Å². The number of esters is 1. The topological polar surface area (TPSA) is 52.6 Å². The number of carbonyl (C=O) groups is 2. The van der Waals surface area contributed by atoms with Crippen molar-refractivity contribution in [2.75, 3.05) is 14.2 Å². The molecule has 0 fully saturated rings. The predicted molar refractivity (Wildman–Crippen MR) is 68.4 cm³/mol. The van der Waals surface area contributed by atoms with Crippen LogP contribution in [0, 0.1) is 13.8 Å². The smallest absolute Gasteiger partial charge is 0.342 e. The molecule has 0 aliphatic carbocycles. The Labute approximate surface area is 107 Å². The highest BCUT2D eigenvalue weighted by molar-refractivity contribution is 6.08. The van der Waals surface area contributed by atoms with E-state index in [1.165, 1.54) is 14.2 Å². The van der Waals surface area contributed by atoms with Crippen molar-refractivity contribution >= 4 is 11.8 Å². The van der Waals surface area contributed by atoms with E-state index in [0.717, 1.165) is 11.1 Å². The first-order chi connectivity index (χ1) is 8.47. The average molecular weight is 250 g/mol. The van der Waals surface area contributed by atoms with E-state index in [0.29, 0.717) is 17.7 Å². The molecule has 0 spiro atoms. The average Bonchev–Trinajstić information content (AvgIpc) is 2.39. The van der Waals surface area contributed by atoms with Gasteiger partial charge in [0.15, 0.2) is 5.78 Å². The van der Waals surface area contributed by atoms with Crippen molar-refractivity contribution in [1.82, 2.24) is 0 Å². The Morgan fingerprint density at radius 3 is 2.28 bits per heavy atom. The largest absolute Gasteiger partial charge is 0.496 e. The van der Waals surface area contributed by atoms with Crippen molar-refractivity contribution < 1.29 is 19.1 Å². The second kappa shape index (κ2) is 5.67. The van der Waals surface area contributed by atoms with Gasteiger partial charge in [-0.15, -0.1) is 0 Å². The lowest BCUT2D eigenvalue weighted by Gasteiger charge is -2.15. The number of carbonyl (C=O) groups excluding carboxylic acids is 2. The summed E-state index contributed by atoms with van der Waals surface area (Å²) in [5.41, 5.74) is 2.33. The summed E-state index contributed by atoms with van der Waals surface area (Å²) >= 11 is 0. The van der Waals surface area contributed by atoms with Crippen LogP contribution in [0.2, 0.25) is 0 Å². The molecule has 0 unspecified atom stereocenters. The summed E-state index contributed by atoms with van der Waals surface area (Å²) in [6, 6.07) is 1.72. The van der Waals surface area contributed by atoms with Gasteiger partial charge >= 0.3 is 5.97 Å². The summed E-state index contributed by atoms with van der Waals surface area (Å²) < 4.78 is 10.00. The molecule has 0 saturated carbocycles. The van der Waals surface area contributed by atoms with Gasteiger partial charge in [-0.25, -0.2) is 4.79 Å². The molecule has 0 N–H and O–H groups in total. The first-order valence-corrected chi connectivity index (χ1v) is 5.77. The van der Waals surface area contributed by atoms with Crippen LogP contribution < -0.4 is 4.74 Å². The second-order valence-corrected chi connectivity index (χ2v) is 4.04. The van der Waals surface area contributed by atoms with Crippen LogP contribution in [0.3, 0.4) is 0 Å². The number of hydrogen-bond acceptors (Lipinski definition) is 4. The molecule has 4 heteroatoms. The zero-order chi connectivity index (χ0) is 13.9. The summed E-state index contributed by atoms with van der Waals surface area (Å²) in [5.74, 6) is -0.234. The van der Waals surface area contributed by atoms with Gasteiger partial charge < -0.3 is 9.47 Å². The van der Waals surface area contributed by atoms with E-state index in [1.54, 1.807) is 13.0 Å². The van der Waals surface area contributed by atoms with Crippen LogP contribution in [-0.2, 0) is 4.74 Å². The molecule has 1 rings (SSSR count). The highest BCUT2D eigenvalue weighted by atomic mass is 16.5. The minimum Gasteiger partial charge on any atom is -0.496 e. The van der Waals surface area contributed by atoms with E-state index in [-0.39, 0.29) is 11.3 Å². The number of aryl methyl sites for hydroxylation is 1. The molecule has 98 valence electrons. The summed E-state index contributed by atoms with van der Waals surface area (Å²) in [5, 5.41) is 0. The number of Topliss-reactive ketones (excluding diaryl/α,β-unsaturated/α-hetero) is 1. The molecule has 1 aromatic rings. The van der Waals surface area contributed by atoms with E-state index in [9.17, 15) is 9.59 Å². The molecule has 0 atom stereocenters. The standard InChI is InChI=1S/C14H18O4/c1-6-11(15)10-7-8(2)9(3)13(17-4)12(10)14(16)18-5/h7H,6H2,1-5H3. The maximum atomic E-state index is 11.9. The van der Waals surface area contributed by atoms with E-state index in [4.69, 9.17) is 9.47 Å². The quantitative estimate of drug-likeness (QED) is 0.609. The van der Waals surface area contributed by atoms with Gasteiger partial charge in [0.2, 0.25) is 0 Å². The van der Waals surface area contributed by atoms with Gasteiger partial charge in [0.25, 0.3) is 0 Å². The molecule has 1 aromatic carbocycles. The third-order valence-electron chi connectivity index (χ3n) is 3.00. The summed E-state index contributed by atoms with van der Waals surface area (Å²) in [7, 11) is 2.77. The van der Waals surface area contributed by atoms with Crippen LogP contribution in [0.15, 0.2) is 6.07 Å². The Morgan fingerprint density at radius 1 is 1.22 bits per heavy atom. The summed E-state index contributed by atoms with van der Waals surface area (Å²) in [4.78, 5) is 23.8. The lowest BCUT2D eigenvalue weighted by atomic mass is 9.94. The van der Waals surface area contributed by atoms with E-state index >= 15 is 0 Å². The second-order valence-electron chi connectivity index (χ2n) is 4.04. The molecule has 0 saturated heterocycles. The summed E-state index contributed by atoms with van der Waals surface area (Å²) in [6.07, 6.45) is 0.329. The highest BCUT2D eigenvalue weighted by Crippen LogP contribution is 2.31. The molecule has 18 heavy (non-hydrogen) atoms. The van der Waals surface area contributed by atoms with Crippen molar-refractivity contribution in [2.24, 2.45) is 0 Å². The predicted octanol–water partition coefficient (Wildman–Crippen LogP) is 2.69. The third kappa shape index (κ3) is 2.37.